The number of rotatable bonds is 7. The summed E-state index contributed by atoms with van der Waals surface area (Å²) < 4.78 is 1.88. The van der Waals surface area contributed by atoms with Crippen LogP contribution in [0.5, 0.6) is 0 Å². The molecule has 2 aromatic rings. The molecule has 0 radical (unpaired) electrons. The lowest BCUT2D eigenvalue weighted by Crippen LogP contribution is -2.30. The van der Waals surface area contributed by atoms with Gasteiger partial charge in [0.05, 0.1) is 5.69 Å². The molecule has 120 valence electrons. The minimum atomic E-state index is -0.0462. The Morgan fingerprint density at radius 3 is 2.73 bits per heavy atom. The van der Waals surface area contributed by atoms with Gasteiger partial charge in [-0.25, -0.2) is 4.98 Å². The Labute approximate surface area is 132 Å². The molecular formula is C17H26N4O. The van der Waals surface area contributed by atoms with Crippen molar-refractivity contribution >= 4 is 11.6 Å². The lowest BCUT2D eigenvalue weighted by atomic mass is 10.3. The standard InChI is InChI=1S/C17H26N4O/c1-5-20(6-2)11-8-10-18-17(22)15-14(4)19-16-13(3)9-7-12-21(15)16/h7,9,12H,5-6,8,10-11H2,1-4H3,(H,18,22). The molecule has 0 saturated heterocycles. The molecule has 2 heterocycles. The molecule has 2 rings (SSSR count). The van der Waals surface area contributed by atoms with Crippen molar-refractivity contribution in [1.29, 1.82) is 0 Å². The van der Waals surface area contributed by atoms with Crippen LogP contribution >= 0.6 is 0 Å². The van der Waals surface area contributed by atoms with E-state index in [1.165, 1.54) is 0 Å². The van der Waals surface area contributed by atoms with Crippen molar-refractivity contribution in [3.05, 3.63) is 35.3 Å². The van der Waals surface area contributed by atoms with E-state index in [0.717, 1.165) is 43.0 Å². The third-order valence-corrected chi connectivity index (χ3v) is 4.07. The molecule has 0 aliphatic carbocycles. The zero-order valence-corrected chi connectivity index (χ0v) is 14.0. The van der Waals surface area contributed by atoms with Gasteiger partial charge in [-0.3, -0.25) is 9.20 Å². The summed E-state index contributed by atoms with van der Waals surface area (Å²) in [4.78, 5) is 19.3. The summed E-state index contributed by atoms with van der Waals surface area (Å²) in [6, 6.07) is 3.95. The Balaban J connectivity index is 2.01. The summed E-state index contributed by atoms with van der Waals surface area (Å²) in [6.45, 7) is 12.0. The smallest absolute Gasteiger partial charge is 0.270 e. The summed E-state index contributed by atoms with van der Waals surface area (Å²) in [6.07, 6.45) is 2.86. The third kappa shape index (κ3) is 3.47. The molecule has 22 heavy (non-hydrogen) atoms. The zero-order chi connectivity index (χ0) is 16.1. The lowest BCUT2D eigenvalue weighted by molar-refractivity contribution is 0.0945. The molecule has 5 heteroatoms. The highest BCUT2D eigenvalue weighted by atomic mass is 16.1. The first kappa shape index (κ1) is 16.5. The number of hydrogen-bond acceptors (Lipinski definition) is 3. The summed E-state index contributed by atoms with van der Waals surface area (Å²) in [7, 11) is 0. The van der Waals surface area contributed by atoms with Crippen LogP contribution in [0.4, 0.5) is 0 Å². The van der Waals surface area contributed by atoms with Crippen LogP contribution in [0.25, 0.3) is 5.65 Å². The first-order valence-corrected chi connectivity index (χ1v) is 8.03. The van der Waals surface area contributed by atoms with E-state index in [2.05, 4.69) is 29.0 Å². The van der Waals surface area contributed by atoms with E-state index in [0.29, 0.717) is 12.2 Å². The monoisotopic (exact) mass is 302 g/mol. The molecule has 0 aromatic carbocycles. The number of pyridine rings is 1. The Kier molecular flexibility index (Phi) is 5.55. The SMILES string of the molecule is CCN(CC)CCCNC(=O)c1c(C)nc2c(C)cccn12. The van der Waals surface area contributed by atoms with Crippen LogP contribution in [0, 0.1) is 13.8 Å². The fourth-order valence-corrected chi connectivity index (χ4v) is 2.72. The molecule has 0 atom stereocenters. The van der Waals surface area contributed by atoms with E-state index in [9.17, 15) is 4.79 Å². The van der Waals surface area contributed by atoms with E-state index < -0.39 is 0 Å². The molecule has 0 saturated carbocycles. The van der Waals surface area contributed by atoms with E-state index in [-0.39, 0.29) is 5.91 Å². The minimum Gasteiger partial charge on any atom is -0.351 e. The molecule has 1 N–H and O–H groups in total. The molecule has 0 fully saturated rings. The van der Waals surface area contributed by atoms with Crippen LogP contribution < -0.4 is 5.32 Å². The maximum Gasteiger partial charge on any atom is 0.270 e. The lowest BCUT2D eigenvalue weighted by Gasteiger charge is -2.17. The van der Waals surface area contributed by atoms with Gasteiger partial charge in [-0.2, -0.15) is 0 Å². The quantitative estimate of drug-likeness (QED) is 0.799. The minimum absolute atomic E-state index is 0.0462. The number of carbonyl (C=O) groups is 1. The van der Waals surface area contributed by atoms with Crippen LogP contribution in [-0.2, 0) is 0 Å². The number of aryl methyl sites for hydroxylation is 2. The van der Waals surface area contributed by atoms with Crippen LogP contribution in [-0.4, -0.2) is 46.4 Å². The van der Waals surface area contributed by atoms with Gasteiger partial charge in [0.15, 0.2) is 0 Å². The second-order valence-electron chi connectivity index (χ2n) is 5.57. The Morgan fingerprint density at radius 2 is 2.05 bits per heavy atom. The molecule has 5 nitrogen and oxygen atoms in total. The normalized spacial score (nSPS) is 11.3. The van der Waals surface area contributed by atoms with Crippen LogP contribution in [0.1, 0.15) is 42.0 Å². The van der Waals surface area contributed by atoms with Crippen molar-refractivity contribution in [3.63, 3.8) is 0 Å². The molecule has 0 aliphatic heterocycles. The van der Waals surface area contributed by atoms with E-state index in [1.807, 2.05) is 36.6 Å². The van der Waals surface area contributed by atoms with Gasteiger partial charge >= 0.3 is 0 Å². The van der Waals surface area contributed by atoms with Gasteiger partial charge in [0.2, 0.25) is 0 Å². The average molecular weight is 302 g/mol. The van der Waals surface area contributed by atoms with Crippen molar-refractivity contribution < 1.29 is 4.79 Å². The molecule has 2 aromatic heterocycles. The van der Waals surface area contributed by atoms with Crippen molar-refractivity contribution in [3.8, 4) is 0 Å². The van der Waals surface area contributed by atoms with Crippen LogP contribution in [0.15, 0.2) is 18.3 Å². The number of nitrogens with zero attached hydrogens (tertiary/aromatic N) is 3. The van der Waals surface area contributed by atoms with Gasteiger partial charge < -0.3 is 10.2 Å². The van der Waals surface area contributed by atoms with E-state index in [1.54, 1.807) is 0 Å². The maximum absolute atomic E-state index is 12.5. The summed E-state index contributed by atoms with van der Waals surface area (Å²) in [5.41, 5.74) is 3.34. The fraction of sp³-hybridized carbons (Fsp3) is 0.529. The van der Waals surface area contributed by atoms with Gasteiger partial charge in [-0.05, 0) is 51.5 Å². The Hall–Kier alpha value is -1.88. The second-order valence-corrected chi connectivity index (χ2v) is 5.57. The van der Waals surface area contributed by atoms with Gasteiger partial charge in [0.1, 0.15) is 11.3 Å². The number of imidazole rings is 1. The Bertz CT molecular complexity index is 643. The third-order valence-electron chi connectivity index (χ3n) is 4.07. The highest BCUT2D eigenvalue weighted by Crippen LogP contribution is 2.15. The van der Waals surface area contributed by atoms with E-state index in [4.69, 9.17) is 0 Å². The molecule has 0 unspecified atom stereocenters. The topological polar surface area (TPSA) is 49.6 Å². The van der Waals surface area contributed by atoms with Crippen LogP contribution in [0.3, 0.4) is 0 Å². The summed E-state index contributed by atoms with van der Waals surface area (Å²) in [5.74, 6) is -0.0462. The Morgan fingerprint density at radius 1 is 1.32 bits per heavy atom. The highest BCUT2D eigenvalue weighted by molar-refractivity contribution is 5.94. The number of nitrogens with one attached hydrogen (secondary N) is 1. The largest absolute Gasteiger partial charge is 0.351 e. The zero-order valence-electron chi connectivity index (χ0n) is 14.0. The van der Waals surface area contributed by atoms with Crippen molar-refractivity contribution in [2.24, 2.45) is 0 Å². The number of amides is 1. The number of carbonyl (C=O) groups excluding carboxylic acids is 1. The van der Waals surface area contributed by atoms with Gasteiger partial charge in [0, 0.05) is 12.7 Å². The maximum atomic E-state index is 12.5. The fourth-order valence-electron chi connectivity index (χ4n) is 2.72. The molecule has 0 aliphatic rings. The van der Waals surface area contributed by atoms with Crippen molar-refractivity contribution in [1.82, 2.24) is 19.6 Å². The van der Waals surface area contributed by atoms with Crippen LogP contribution in [0.2, 0.25) is 0 Å². The molecule has 0 bridgehead atoms. The number of fused-ring (bicyclic) bond motifs is 1. The predicted octanol–water partition coefficient (Wildman–Crippen LogP) is 2.41. The van der Waals surface area contributed by atoms with Crippen molar-refractivity contribution in [2.45, 2.75) is 34.1 Å². The second kappa shape index (κ2) is 7.40. The predicted molar refractivity (Wildman–Crippen MR) is 89.4 cm³/mol. The number of hydrogen-bond donors (Lipinski definition) is 1. The summed E-state index contributed by atoms with van der Waals surface area (Å²) >= 11 is 0. The number of aromatic nitrogens is 2. The molecular weight excluding hydrogens is 276 g/mol. The highest BCUT2D eigenvalue weighted by Gasteiger charge is 2.16. The van der Waals surface area contributed by atoms with E-state index >= 15 is 0 Å². The average Bonchev–Trinajstić information content (AvgIpc) is 2.85. The van der Waals surface area contributed by atoms with Crippen molar-refractivity contribution in [2.75, 3.05) is 26.2 Å². The first-order chi connectivity index (χ1) is 10.6. The van der Waals surface area contributed by atoms with Gasteiger partial charge in [0.25, 0.3) is 5.91 Å². The first-order valence-electron chi connectivity index (χ1n) is 8.03. The van der Waals surface area contributed by atoms with Gasteiger partial charge in [-0.15, -0.1) is 0 Å². The van der Waals surface area contributed by atoms with Gasteiger partial charge in [-0.1, -0.05) is 19.9 Å². The molecule has 0 spiro atoms. The summed E-state index contributed by atoms with van der Waals surface area (Å²) in [5, 5.41) is 3.01. The molecule has 1 amide bonds.